The predicted molar refractivity (Wildman–Crippen MR) is 84.5 cm³/mol. The van der Waals surface area contributed by atoms with Crippen LogP contribution in [-0.2, 0) is 4.79 Å². The van der Waals surface area contributed by atoms with E-state index in [9.17, 15) is 14.0 Å². The third-order valence-electron chi connectivity index (χ3n) is 3.21. The summed E-state index contributed by atoms with van der Waals surface area (Å²) in [7, 11) is 0. The first-order valence-corrected chi connectivity index (χ1v) is 6.97. The van der Waals surface area contributed by atoms with Crippen LogP contribution in [0.3, 0.4) is 0 Å². The van der Waals surface area contributed by atoms with Gasteiger partial charge < -0.3 is 10.6 Å². The Kier molecular flexibility index (Phi) is 4.88. The molecule has 0 saturated carbocycles. The molecule has 0 aromatic heterocycles. The Morgan fingerprint density at radius 3 is 2.50 bits per heavy atom. The first-order valence-electron chi connectivity index (χ1n) is 6.97. The average molecular weight is 300 g/mol. The van der Waals surface area contributed by atoms with Crippen molar-refractivity contribution in [2.75, 3.05) is 10.6 Å². The summed E-state index contributed by atoms with van der Waals surface area (Å²) in [6.45, 7) is 3.61. The quantitative estimate of drug-likeness (QED) is 0.903. The molecule has 0 aliphatic heterocycles. The van der Waals surface area contributed by atoms with E-state index in [0.29, 0.717) is 17.8 Å². The van der Waals surface area contributed by atoms with Gasteiger partial charge in [-0.2, -0.15) is 0 Å². The molecule has 0 heterocycles. The van der Waals surface area contributed by atoms with Gasteiger partial charge >= 0.3 is 0 Å². The molecule has 0 unspecified atom stereocenters. The van der Waals surface area contributed by atoms with E-state index in [1.54, 1.807) is 31.2 Å². The molecule has 5 heteroatoms. The molecule has 22 heavy (non-hydrogen) atoms. The van der Waals surface area contributed by atoms with Crippen molar-refractivity contribution in [3.8, 4) is 0 Å². The fraction of sp³-hybridized carbons (Fsp3) is 0.176. The molecular weight excluding hydrogens is 283 g/mol. The molecule has 0 bridgehead atoms. The van der Waals surface area contributed by atoms with Gasteiger partial charge in [0.15, 0.2) is 0 Å². The number of carbonyl (C=O) groups excluding carboxylic acids is 2. The number of nitrogens with one attached hydrogen (secondary N) is 2. The van der Waals surface area contributed by atoms with E-state index in [2.05, 4.69) is 10.6 Å². The first-order chi connectivity index (χ1) is 10.5. The van der Waals surface area contributed by atoms with Crippen molar-refractivity contribution in [2.45, 2.75) is 20.3 Å². The van der Waals surface area contributed by atoms with E-state index in [1.165, 1.54) is 18.2 Å². The molecule has 0 spiro atoms. The van der Waals surface area contributed by atoms with E-state index in [4.69, 9.17) is 0 Å². The highest BCUT2D eigenvalue weighted by Crippen LogP contribution is 2.21. The van der Waals surface area contributed by atoms with Crippen LogP contribution in [0.5, 0.6) is 0 Å². The van der Waals surface area contributed by atoms with Crippen molar-refractivity contribution in [3.05, 3.63) is 59.4 Å². The van der Waals surface area contributed by atoms with Gasteiger partial charge in [-0.1, -0.05) is 25.1 Å². The molecule has 0 aliphatic rings. The van der Waals surface area contributed by atoms with Crippen LogP contribution in [0.1, 0.15) is 29.3 Å². The number of rotatable bonds is 4. The number of anilines is 2. The molecule has 2 aromatic carbocycles. The maximum atomic E-state index is 13.6. The van der Waals surface area contributed by atoms with Crippen molar-refractivity contribution < 1.29 is 14.0 Å². The van der Waals surface area contributed by atoms with Gasteiger partial charge in [0, 0.05) is 17.8 Å². The second kappa shape index (κ2) is 6.85. The lowest BCUT2D eigenvalue weighted by Gasteiger charge is -2.11. The third kappa shape index (κ3) is 3.69. The van der Waals surface area contributed by atoms with Crippen molar-refractivity contribution in [3.63, 3.8) is 0 Å². The fourth-order valence-electron chi connectivity index (χ4n) is 1.92. The average Bonchev–Trinajstić information content (AvgIpc) is 2.50. The molecule has 114 valence electrons. The highest BCUT2D eigenvalue weighted by atomic mass is 19.1. The van der Waals surface area contributed by atoms with Crippen LogP contribution in [0.25, 0.3) is 0 Å². The summed E-state index contributed by atoms with van der Waals surface area (Å²) in [4.78, 5) is 23.6. The molecule has 0 saturated heterocycles. The van der Waals surface area contributed by atoms with Crippen LogP contribution < -0.4 is 10.6 Å². The second-order valence-electron chi connectivity index (χ2n) is 4.87. The van der Waals surface area contributed by atoms with Gasteiger partial charge in [-0.25, -0.2) is 4.39 Å². The largest absolute Gasteiger partial charge is 0.326 e. The molecule has 2 rings (SSSR count). The topological polar surface area (TPSA) is 58.2 Å². The number of hydrogen-bond donors (Lipinski definition) is 2. The van der Waals surface area contributed by atoms with E-state index < -0.39 is 11.7 Å². The van der Waals surface area contributed by atoms with Crippen LogP contribution in [0.15, 0.2) is 42.5 Å². The lowest BCUT2D eigenvalue weighted by atomic mass is 10.1. The number of aryl methyl sites for hydroxylation is 1. The molecule has 0 atom stereocenters. The minimum absolute atomic E-state index is 0.0257. The van der Waals surface area contributed by atoms with Gasteiger partial charge in [-0.05, 0) is 36.8 Å². The summed E-state index contributed by atoms with van der Waals surface area (Å²) in [5, 5.41) is 5.39. The molecule has 4 nitrogen and oxygen atoms in total. The van der Waals surface area contributed by atoms with Crippen molar-refractivity contribution in [1.82, 2.24) is 0 Å². The van der Waals surface area contributed by atoms with Gasteiger partial charge in [-0.15, -0.1) is 0 Å². The normalized spacial score (nSPS) is 10.1. The predicted octanol–water partition coefficient (Wildman–Crippen LogP) is 3.73. The minimum atomic E-state index is -0.577. The lowest BCUT2D eigenvalue weighted by molar-refractivity contribution is -0.115. The Labute approximate surface area is 128 Å². The SMILES string of the molecule is CCC(=O)Nc1cc(NC(=O)c2ccccc2F)ccc1C. The second-order valence-corrected chi connectivity index (χ2v) is 4.87. The minimum Gasteiger partial charge on any atom is -0.326 e. The van der Waals surface area contributed by atoms with Crippen molar-refractivity contribution in [1.29, 1.82) is 0 Å². The van der Waals surface area contributed by atoms with Gasteiger partial charge in [0.2, 0.25) is 5.91 Å². The number of hydrogen-bond acceptors (Lipinski definition) is 2. The fourth-order valence-corrected chi connectivity index (χ4v) is 1.92. The van der Waals surface area contributed by atoms with E-state index in [-0.39, 0.29) is 11.5 Å². The maximum absolute atomic E-state index is 13.6. The summed E-state index contributed by atoms with van der Waals surface area (Å²) >= 11 is 0. The van der Waals surface area contributed by atoms with E-state index in [1.807, 2.05) is 6.92 Å². The lowest BCUT2D eigenvalue weighted by Crippen LogP contribution is -2.15. The van der Waals surface area contributed by atoms with Crippen molar-refractivity contribution >= 4 is 23.2 Å². The molecule has 2 amide bonds. The molecule has 0 fully saturated rings. The van der Waals surface area contributed by atoms with E-state index in [0.717, 1.165) is 5.56 Å². The Morgan fingerprint density at radius 1 is 1.09 bits per heavy atom. The summed E-state index contributed by atoms with van der Waals surface area (Å²) in [6, 6.07) is 10.9. The Hall–Kier alpha value is -2.69. The summed E-state index contributed by atoms with van der Waals surface area (Å²) < 4.78 is 13.6. The Balaban J connectivity index is 2.20. The summed E-state index contributed by atoms with van der Waals surface area (Å²) in [5.41, 5.74) is 1.97. The molecule has 0 radical (unpaired) electrons. The molecule has 2 aromatic rings. The highest BCUT2D eigenvalue weighted by molar-refractivity contribution is 6.05. The van der Waals surface area contributed by atoms with Gasteiger partial charge in [-0.3, -0.25) is 9.59 Å². The first kappa shape index (κ1) is 15.7. The van der Waals surface area contributed by atoms with Crippen LogP contribution in [0.2, 0.25) is 0 Å². The van der Waals surface area contributed by atoms with Crippen LogP contribution in [0, 0.1) is 12.7 Å². The Bertz CT molecular complexity index is 714. The number of amides is 2. The highest BCUT2D eigenvalue weighted by Gasteiger charge is 2.12. The molecular formula is C17H17FN2O2. The number of benzene rings is 2. The standard InChI is InChI=1S/C17H17FN2O2/c1-3-16(21)20-15-10-12(9-8-11(15)2)19-17(22)13-6-4-5-7-14(13)18/h4-10H,3H2,1-2H3,(H,19,22)(H,20,21). The molecule has 2 N–H and O–H groups in total. The van der Waals surface area contributed by atoms with Gasteiger partial charge in [0.1, 0.15) is 5.82 Å². The van der Waals surface area contributed by atoms with E-state index >= 15 is 0 Å². The maximum Gasteiger partial charge on any atom is 0.258 e. The van der Waals surface area contributed by atoms with Crippen molar-refractivity contribution in [2.24, 2.45) is 0 Å². The number of carbonyl (C=O) groups is 2. The zero-order valence-corrected chi connectivity index (χ0v) is 12.4. The van der Waals surface area contributed by atoms with Gasteiger partial charge in [0.05, 0.1) is 5.56 Å². The summed E-state index contributed by atoms with van der Waals surface area (Å²) in [6.07, 6.45) is 0.366. The zero-order valence-electron chi connectivity index (χ0n) is 12.4. The third-order valence-corrected chi connectivity index (χ3v) is 3.21. The monoisotopic (exact) mass is 300 g/mol. The van der Waals surface area contributed by atoms with Crippen LogP contribution in [-0.4, -0.2) is 11.8 Å². The van der Waals surface area contributed by atoms with Crippen LogP contribution in [0.4, 0.5) is 15.8 Å². The van der Waals surface area contributed by atoms with Gasteiger partial charge in [0.25, 0.3) is 5.91 Å². The summed E-state index contributed by atoms with van der Waals surface area (Å²) in [5.74, 6) is -1.22. The number of halogens is 1. The Morgan fingerprint density at radius 2 is 1.82 bits per heavy atom. The molecule has 0 aliphatic carbocycles. The zero-order chi connectivity index (χ0) is 16.1. The van der Waals surface area contributed by atoms with Crippen LogP contribution >= 0.6 is 0 Å². The smallest absolute Gasteiger partial charge is 0.258 e.